The molecule has 2 rings (SSSR count). The number of nitrogens with zero attached hydrogens (tertiary/aromatic N) is 2. The van der Waals surface area contributed by atoms with Crippen molar-refractivity contribution >= 4 is 10.9 Å². The van der Waals surface area contributed by atoms with Gasteiger partial charge in [-0.15, -0.1) is 0 Å². The predicted molar refractivity (Wildman–Crippen MR) is 76.8 cm³/mol. The Labute approximate surface area is 109 Å². The Balaban J connectivity index is 2.36. The SMILES string of the molecule is CNC(CN(C)C)c1ccc2nc(C)ccc2c1. The van der Waals surface area contributed by atoms with E-state index in [9.17, 15) is 0 Å². The Morgan fingerprint density at radius 2 is 2.00 bits per heavy atom. The topological polar surface area (TPSA) is 28.2 Å². The van der Waals surface area contributed by atoms with E-state index in [4.69, 9.17) is 0 Å². The first kappa shape index (κ1) is 13.0. The van der Waals surface area contributed by atoms with Crippen LogP contribution in [0.2, 0.25) is 0 Å². The molecule has 0 amide bonds. The smallest absolute Gasteiger partial charge is 0.0705 e. The Hall–Kier alpha value is -1.45. The fourth-order valence-corrected chi connectivity index (χ4v) is 2.19. The molecule has 3 heteroatoms. The Kier molecular flexibility index (Phi) is 3.94. The van der Waals surface area contributed by atoms with E-state index in [1.165, 1.54) is 10.9 Å². The molecular weight excluding hydrogens is 222 g/mol. The van der Waals surface area contributed by atoms with Gasteiger partial charge in [0.05, 0.1) is 5.52 Å². The third-order valence-corrected chi connectivity index (χ3v) is 3.15. The van der Waals surface area contributed by atoms with E-state index in [2.05, 4.69) is 59.6 Å². The first-order valence-corrected chi connectivity index (χ1v) is 6.29. The fraction of sp³-hybridized carbons (Fsp3) is 0.400. The van der Waals surface area contributed by atoms with Crippen molar-refractivity contribution in [2.45, 2.75) is 13.0 Å². The van der Waals surface area contributed by atoms with Crippen LogP contribution in [0.3, 0.4) is 0 Å². The number of rotatable bonds is 4. The van der Waals surface area contributed by atoms with Crippen LogP contribution in [0.25, 0.3) is 10.9 Å². The molecule has 0 radical (unpaired) electrons. The van der Waals surface area contributed by atoms with Gasteiger partial charge in [0.15, 0.2) is 0 Å². The van der Waals surface area contributed by atoms with Crippen LogP contribution in [0.4, 0.5) is 0 Å². The lowest BCUT2D eigenvalue weighted by Crippen LogP contribution is -2.28. The number of hydrogen-bond acceptors (Lipinski definition) is 3. The number of aromatic nitrogens is 1. The standard InChI is InChI=1S/C15H21N3/c1-11-5-6-12-9-13(7-8-14(12)17-11)15(16-2)10-18(3)4/h5-9,15-16H,10H2,1-4H3. The molecule has 1 heterocycles. The highest BCUT2D eigenvalue weighted by atomic mass is 15.1. The first-order chi connectivity index (χ1) is 8.60. The minimum Gasteiger partial charge on any atom is -0.312 e. The van der Waals surface area contributed by atoms with Crippen molar-refractivity contribution in [2.75, 3.05) is 27.7 Å². The molecule has 0 saturated carbocycles. The first-order valence-electron chi connectivity index (χ1n) is 6.29. The van der Waals surface area contributed by atoms with Crippen molar-refractivity contribution in [3.05, 3.63) is 41.6 Å². The Bertz CT molecular complexity index is 534. The summed E-state index contributed by atoms with van der Waals surface area (Å²) in [5.74, 6) is 0. The largest absolute Gasteiger partial charge is 0.312 e. The second kappa shape index (κ2) is 5.46. The second-order valence-corrected chi connectivity index (χ2v) is 5.01. The molecule has 1 atom stereocenters. The van der Waals surface area contributed by atoms with Gasteiger partial charge >= 0.3 is 0 Å². The average Bonchev–Trinajstić information content (AvgIpc) is 2.35. The van der Waals surface area contributed by atoms with Crippen LogP contribution in [0.1, 0.15) is 17.3 Å². The molecular formula is C15H21N3. The highest BCUT2D eigenvalue weighted by Gasteiger charge is 2.10. The Morgan fingerprint density at radius 1 is 1.22 bits per heavy atom. The number of aryl methyl sites for hydroxylation is 1. The molecule has 1 aromatic heterocycles. The van der Waals surface area contributed by atoms with Gasteiger partial charge in [-0.2, -0.15) is 0 Å². The third-order valence-electron chi connectivity index (χ3n) is 3.15. The molecule has 0 aliphatic rings. The van der Waals surface area contributed by atoms with E-state index in [0.717, 1.165) is 17.8 Å². The number of hydrogen-bond donors (Lipinski definition) is 1. The maximum absolute atomic E-state index is 4.53. The maximum Gasteiger partial charge on any atom is 0.0705 e. The lowest BCUT2D eigenvalue weighted by molar-refractivity contribution is 0.353. The fourth-order valence-electron chi connectivity index (χ4n) is 2.19. The molecule has 1 aromatic carbocycles. The van der Waals surface area contributed by atoms with Crippen molar-refractivity contribution in [3.63, 3.8) is 0 Å². The number of likely N-dealkylation sites (N-methyl/N-ethyl adjacent to an activating group) is 2. The molecule has 2 aromatic rings. The van der Waals surface area contributed by atoms with Crippen LogP contribution < -0.4 is 5.32 Å². The van der Waals surface area contributed by atoms with Crippen LogP contribution in [-0.4, -0.2) is 37.6 Å². The third kappa shape index (κ3) is 2.86. The summed E-state index contributed by atoms with van der Waals surface area (Å²) in [4.78, 5) is 6.73. The number of benzene rings is 1. The van der Waals surface area contributed by atoms with Crippen molar-refractivity contribution in [1.29, 1.82) is 0 Å². The average molecular weight is 243 g/mol. The summed E-state index contributed by atoms with van der Waals surface area (Å²) in [5.41, 5.74) is 3.44. The van der Waals surface area contributed by atoms with E-state index in [-0.39, 0.29) is 0 Å². The normalized spacial score (nSPS) is 13.2. The minimum absolute atomic E-state index is 0.353. The van der Waals surface area contributed by atoms with E-state index in [1.807, 2.05) is 14.0 Å². The monoisotopic (exact) mass is 243 g/mol. The van der Waals surface area contributed by atoms with Gasteiger partial charge in [0.25, 0.3) is 0 Å². The van der Waals surface area contributed by atoms with Crippen LogP contribution in [0.5, 0.6) is 0 Å². The molecule has 1 N–H and O–H groups in total. The van der Waals surface area contributed by atoms with Gasteiger partial charge < -0.3 is 10.2 Å². The number of nitrogens with one attached hydrogen (secondary N) is 1. The molecule has 0 fully saturated rings. The van der Waals surface area contributed by atoms with E-state index < -0.39 is 0 Å². The molecule has 0 aliphatic heterocycles. The van der Waals surface area contributed by atoms with Gasteiger partial charge in [-0.1, -0.05) is 12.1 Å². The van der Waals surface area contributed by atoms with Gasteiger partial charge in [0.2, 0.25) is 0 Å². The molecule has 96 valence electrons. The lowest BCUT2D eigenvalue weighted by Gasteiger charge is -2.21. The summed E-state index contributed by atoms with van der Waals surface area (Å²) in [7, 11) is 6.19. The summed E-state index contributed by atoms with van der Waals surface area (Å²) < 4.78 is 0. The van der Waals surface area contributed by atoms with Crippen LogP contribution in [0, 0.1) is 6.92 Å². The lowest BCUT2D eigenvalue weighted by atomic mass is 10.0. The number of fused-ring (bicyclic) bond motifs is 1. The summed E-state index contributed by atoms with van der Waals surface area (Å²) in [6.45, 7) is 3.01. The van der Waals surface area contributed by atoms with Crippen molar-refractivity contribution < 1.29 is 0 Å². The van der Waals surface area contributed by atoms with E-state index in [0.29, 0.717) is 6.04 Å². The molecule has 0 spiro atoms. The van der Waals surface area contributed by atoms with Gasteiger partial charge in [0, 0.05) is 23.7 Å². The second-order valence-electron chi connectivity index (χ2n) is 5.01. The van der Waals surface area contributed by atoms with Gasteiger partial charge in [0.1, 0.15) is 0 Å². The van der Waals surface area contributed by atoms with Gasteiger partial charge in [-0.25, -0.2) is 0 Å². The zero-order valence-electron chi connectivity index (χ0n) is 11.6. The van der Waals surface area contributed by atoms with Crippen molar-refractivity contribution in [2.24, 2.45) is 0 Å². The van der Waals surface area contributed by atoms with Crippen LogP contribution >= 0.6 is 0 Å². The number of pyridine rings is 1. The zero-order chi connectivity index (χ0) is 13.1. The highest BCUT2D eigenvalue weighted by Crippen LogP contribution is 2.20. The maximum atomic E-state index is 4.53. The molecule has 3 nitrogen and oxygen atoms in total. The summed E-state index contributed by atoms with van der Waals surface area (Å²) in [5, 5.41) is 4.57. The van der Waals surface area contributed by atoms with Crippen LogP contribution in [0.15, 0.2) is 30.3 Å². The molecule has 0 aliphatic carbocycles. The predicted octanol–water partition coefficient (Wildman–Crippen LogP) is 2.37. The van der Waals surface area contributed by atoms with E-state index >= 15 is 0 Å². The quantitative estimate of drug-likeness (QED) is 0.893. The summed E-state index contributed by atoms with van der Waals surface area (Å²) in [6.07, 6.45) is 0. The summed E-state index contributed by atoms with van der Waals surface area (Å²) in [6, 6.07) is 11.1. The van der Waals surface area contributed by atoms with Gasteiger partial charge in [-0.05, 0) is 51.8 Å². The van der Waals surface area contributed by atoms with Crippen LogP contribution in [-0.2, 0) is 0 Å². The molecule has 18 heavy (non-hydrogen) atoms. The zero-order valence-corrected chi connectivity index (χ0v) is 11.6. The molecule has 0 bridgehead atoms. The van der Waals surface area contributed by atoms with Crippen molar-refractivity contribution in [3.8, 4) is 0 Å². The Morgan fingerprint density at radius 3 is 2.67 bits per heavy atom. The molecule has 0 saturated heterocycles. The molecule has 1 unspecified atom stereocenters. The van der Waals surface area contributed by atoms with E-state index in [1.54, 1.807) is 0 Å². The highest BCUT2D eigenvalue weighted by molar-refractivity contribution is 5.79. The summed E-state index contributed by atoms with van der Waals surface area (Å²) >= 11 is 0. The van der Waals surface area contributed by atoms with Crippen molar-refractivity contribution in [1.82, 2.24) is 15.2 Å². The minimum atomic E-state index is 0.353. The van der Waals surface area contributed by atoms with Gasteiger partial charge in [-0.3, -0.25) is 4.98 Å².